The molecule has 3 aromatic rings. The van der Waals surface area contributed by atoms with Gasteiger partial charge >= 0.3 is 0 Å². The summed E-state index contributed by atoms with van der Waals surface area (Å²) in [6.45, 7) is 0. The normalized spacial score (nSPS) is 12.8. The Kier molecular flexibility index (Phi) is 3.83. The third-order valence-corrected chi connectivity index (χ3v) is 4.89. The minimum atomic E-state index is -0.702. The van der Waals surface area contributed by atoms with Gasteiger partial charge < -0.3 is 5.11 Å². The van der Waals surface area contributed by atoms with Crippen molar-refractivity contribution in [1.29, 1.82) is 0 Å². The van der Waals surface area contributed by atoms with Crippen LogP contribution in [0.5, 0.6) is 0 Å². The van der Waals surface area contributed by atoms with Crippen molar-refractivity contribution in [3.05, 3.63) is 63.3 Å². The number of rotatable bonds is 3. The van der Waals surface area contributed by atoms with Gasteiger partial charge in [-0.3, -0.25) is 4.98 Å². The molecule has 2 nitrogen and oxygen atoms in total. The molecule has 0 aliphatic carbocycles. The van der Waals surface area contributed by atoms with Crippen LogP contribution in [0.2, 0.25) is 0 Å². The van der Waals surface area contributed by atoms with Gasteiger partial charge in [-0.2, -0.15) is 0 Å². The van der Waals surface area contributed by atoms with Gasteiger partial charge in [0.1, 0.15) is 5.82 Å². The Balaban J connectivity index is 1.88. The summed E-state index contributed by atoms with van der Waals surface area (Å²) < 4.78 is 14.9. The van der Waals surface area contributed by atoms with Crippen molar-refractivity contribution in [1.82, 2.24) is 4.98 Å². The van der Waals surface area contributed by atoms with E-state index in [1.807, 2.05) is 17.5 Å². The molecule has 0 amide bonds. The number of hydrogen-bond donors (Lipinski definition) is 1. The molecule has 102 valence electrons. The Labute approximate surface area is 128 Å². The van der Waals surface area contributed by atoms with E-state index in [1.54, 1.807) is 29.7 Å². The molecule has 5 heteroatoms. The van der Waals surface area contributed by atoms with E-state index in [9.17, 15) is 9.50 Å². The van der Waals surface area contributed by atoms with Crippen LogP contribution in [0.25, 0.3) is 10.2 Å². The van der Waals surface area contributed by atoms with E-state index in [-0.39, 0.29) is 5.82 Å². The molecule has 20 heavy (non-hydrogen) atoms. The van der Waals surface area contributed by atoms with Gasteiger partial charge in [0.2, 0.25) is 0 Å². The van der Waals surface area contributed by atoms with E-state index >= 15 is 0 Å². The van der Waals surface area contributed by atoms with Crippen molar-refractivity contribution in [3.63, 3.8) is 0 Å². The van der Waals surface area contributed by atoms with Crippen molar-refractivity contribution in [3.8, 4) is 0 Å². The Morgan fingerprint density at radius 3 is 3.05 bits per heavy atom. The van der Waals surface area contributed by atoms with Gasteiger partial charge in [-0.1, -0.05) is 12.1 Å². The van der Waals surface area contributed by atoms with E-state index in [0.29, 0.717) is 10.9 Å². The minimum absolute atomic E-state index is 0.318. The Morgan fingerprint density at radius 2 is 2.20 bits per heavy atom. The fraction of sp³-hybridized carbons (Fsp3) is 0.133. The fourth-order valence-corrected chi connectivity index (χ4v) is 3.29. The van der Waals surface area contributed by atoms with Crippen LogP contribution in [0.3, 0.4) is 0 Å². The van der Waals surface area contributed by atoms with Crippen molar-refractivity contribution in [2.75, 3.05) is 0 Å². The number of thiophene rings is 1. The number of aliphatic hydroxyl groups is 1. The summed E-state index contributed by atoms with van der Waals surface area (Å²) >= 11 is 4.80. The lowest BCUT2D eigenvalue weighted by Crippen LogP contribution is -2.03. The molecule has 1 N–H and O–H groups in total. The average Bonchev–Trinajstić information content (AvgIpc) is 2.91. The van der Waals surface area contributed by atoms with Gasteiger partial charge in [0.15, 0.2) is 0 Å². The quantitative estimate of drug-likeness (QED) is 0.754. The summed E-state index contributed by atoms with van der Waals surface area (Å²) in [5, 5.41) is 12.3. The van der Waals surface area contributed by atoms with E-state index in [1.165, 1.54) is 6.07 Å². The first-order valence-corrected chi connectivity index (χ1v) is 7.76. The minimum Gasteiger partial charge on any atom is -0.388 e. The summed E-state index contributed by atoms with van der Waals surface area (Å²) in [5.41, 5.74) is 2.41. The molecule has 2 aromatic heterocycles. The molecule has 0 saturated heterocycles. The van der Waals surface area contributed by atoms with Crippen molar-refractivity contribution < 1.29 is 9.50 Å². The highest BCUT2D eigenvalue weighted by molar-refractivity contribution is 9.10. The maximum Gasteiger partial charge on any atom is 0.137 e. The molecule has 0 aliphatic heterocycles. The largest absolute Gasteiger partial charge is 0.388 e. The molecular formula is C15H11BrFNOS. The van der Waals surface area contributed by atoms with Crippen LogP contribution in [-0.2, 0) is 6.42 Å². The molecule has 0 saturated carbocycles. The van der Waals surface area contributed by atoms with E-state index < -0.39 is 6.10 Å². The van der Waals surface area contributed by atoms with Crippen LogP contribution in [0.15, 0.2) is 46.4 Å². The van der Waals surface area contributed by atoms with Crippen LogP contribution in [-0.4, -0.2) is 10.1 Å². The zero-order valence-corrected chi connectivity index (χ0v) is 12.8. The number of halogens is 2. The van der Waals surface area contributed by atoms with Gasteiger partial charge in [0.05, 0.1) is 20.8 Å². The third-order valence-electron chi connectivity index (χ3n) is 3.15. The molecule has 0 radical (unpaired) electrons. The molecule has 2 heterocycles. The summed E-state index contributed by atoms with van der Waals surface area (Å²) in [7, 11) is 0. The standard InChI is InChI=1S/C15H11BrFNOS/c16-15-9(2-1-3-11(15)17)6-13(19)10-7-14-12(18-8-10)4-5-20-14/h1-5,7-8,13,19H,6H2. The number of fused-ring (bicyclic) bond motifs is 1. The molecule has 3 rings (SSSR count). The highest BCUT2D eigenvalue weighted by atomic mass is 79.9. The first-order valence-electron chi connectivity index (χ1n) is 6.09. The number of benzene rings is 1. The van der Waals surface area contributed by atoms with Crippen molar-refractivity contribution in [2.24, 2.45) is 0 Å². The Morgan fingerprint density at radius 1 is 1.35 bits per heavy atom. The SMILES string of the molecule is OC(Cc1cccc(F)c1Br)c1cnc2ccsc2c1. The van der Waals surface area contributed by atoms with Crippen LogP contribution in [0, 0.1) is 5.82 Å². The first-order chi connectivity index (χ1) is 9.65. The topological polar surface area (TPSA) is 33.1 Å². The van der Waals surface area contributed by atoms with E-state index in [2.05, 4.69) is 20.9 Å². The molecular weight excluding hydrogens is 341 g/mol. The van der Waals surface area contributed by atoms with Crippen LogP contribution < -0.4 is 0 Å². The van der Waals surface area contributed by atoms with Crippen LogP contribution in [0.4, 0.5) is 4.39 Å². The monoisotopic (exact) mass is 351 g/mol. The molecule has 0 bridgehead atoms. The molecule has 0 spiro atoms. The number of pyridine rings is 1. The molecule has 0 fully saturated rings. The highest BCUT2D eigenvalue weighted by Gasteiger charge is 2.13. The van der Waals surface area contributed by atoms with Gasteiger partial charge in [-0.05, 0) is 45.1 Å². The van der Waals surface area contributed by atoms with Gasteiger partial charge in [-0.25, -0.2) is 4.39 Å². The number of aromatic nitrogens is 1. The van der Waals surface area contributed by atoms with Gasteiger partial charge in [-0.15, -0.1) is 11.3 Å². The Bertz CT molecular complexity index is 758. The fourth-order valence-electron chi connectivity index (χ4n) is 2.08. The van der Waals surface area contributed by atoms with Crippen molar-refractivity contribution >= 4 is 37.5 Å². The zero-order valence-electron chi connectivity index (χ0n) is 10.4. The Hall–Kier alpha value is -1.30. The third kappa shape index (κ3) is 2.61. The molecule has 1 aromatic carbocycles. The maximum atomic E-state index is 13.5. The predicted molar refractivity (Wildman–Crippen MR) is 82.4 cm³/mol. The summed E-state index contributed by atoms with van der Waals surface area (Å²) in [6.07, 6.45) is 1.32. The second-order valence-electron chi connectivity index (χ2n) is 4.51. The number of hydrogen-bond acceptors (Lipinski definition) is 3. The smallest absolute Gasteiger partial charge is 0.137 e. The highest BCUT2D eigenvalue weighted by Crippen LogP contribution is 2.28. The first kappa shape index (κ1) is 13.7. The van der Waals surface area contributed by atoms with Gasteiger partial charge in [0.25, 0.3) is 0 Å². The second kappa shape index (κ2) is 5.60. The number of aliphatic hydroxyl groups excluding tert-OH is 1. The lowest BCUT2D eigenvalue weighted by atomic mass is 10.0. The second-order valence-corrected chi connectivity index (χ2v) is 6.25. The molecule has 0 aliphatic rings. The average molecular weight is 352 g/mol. The van der Waals surface area contributed by atoms with Crippen LogP contribution >= 0.6 is 27.3 Å². The molecule has 1 atom stereocenters. The molecule has 1 unspecified atom stereocenters. The van der Waals surface area contributed by atoms with E-state index in [4.69, 9.17) is 0 Å². The lowest BCUT2D eigenvalue weighted by molar-refractivity contribution is 0.178. The van der Waals surface area contributed by atoms with E-state index in [0.717, 1.165) is 21.3 Å². The zero-order chi connectivity index (χ0) is 14.1. The maximum absolute atomic E-state index is 13.5. The van der Waals surface area contributed by atoms with Crippen molar-refractivity contribution in [2.45, 2.75) is 12.5 Å². The van der Waals surface area contributed by atoms with Crippen LogP contribution in [0.1, 0.15) is 17.2 Å². The number of nitrogens with zero attached hydrogens (tertiary/aromatic N) is 1. The van der Waals surface area contributed by atoms with Gasteiger partial charge in [0, 0.05) is 18.2 Å². The lowest BCUT2D eigenvalue weighted by Gasteiger charge is -2.12. The predicted octanol–water partition coefficient (Wildman–Crippen LogP) is 4.47. The summed E-state index contributed by atoms with van der Waals surface area (Å²) in [5.74, 6) is -0.318. The summed E-state index contributed by atoms with van der Waals surface area (Å²) in [6, 6.07) is 8.71. The summed E-state index contributed by atoms with van der Waals surface area (Å²) in [4.78, 5) is 4.31.